The molecular formula is C14H14NO+. The summed E-state index contributed by atoms with van der Waals surface area (Å²) in [4.78, 5) is 0. The Hall–Kier alpha value is -2.09. The number of aromatic hydroxyl groups is 1. The van der Waals surface area contributed by atoms with Gasteiger partial charge in [-0.15, -0.1) is 0 Å². The zero-order valence-corrected chi connectivity index (χ0v) is 9.17. The molecule has 0 aliphatic heterocycles. The molecule has 0 saturated heterocycles. The molecule has 0 amide bonds. The predicted octanol–water partition coefficient (Wildman–Crippen LogP) is 2.39. The fraction of sp³-hybridized carbons (Fsp3) is 0.0714. The van der Waals surface area contributed by atoms with Gasteiger partial charge in [0.1, 0.15) is 12.8 Å². The van der Waals surface area contributed by atoms with E-state index in [0.717, 1.165) is 11.3 Å². The number of pyridine rings is 1. The quantitative estimate of drug-likeness (QED) is 0.759. The van der Waals surface area contributed by atoms with Crippen molar-refractivity contribution < 1.29 is 9.67 Å². The first kappa shape index (κ1) is 10.4. The number of hydrogen-bond acceptors (Lipinski definition) is 1. The second kappa shape index (κ2) is 4.62. The smallest absolute Gasteiger partial charge is 0.204 e. The molecule has 1 N–H and O–H groups in total. The number of nitrogens with zero attached hydrogens (tertiary/aromatic N) is 1. The SMILES string of the molecule is C[n+]1ccccc1C=Cc1ccccc1O. The first-order valence-corrected chi connectivity index (χ1v) is 5.18. The van der Waals surface area contributed by atoms with Gasteiger partial charge >= 0.3 is 0 Å². The topological polar surface area (TPSA) is 24.1 Å². The van der Waals surface area contributed by atoms with Crippen molar-refractivity contribution in [3.8, 4) is 5.75 Å². The van der Waals surface area contributed by atoms with Gasteiger partial charge in [-0.1, -0.05) is 18.2 Å². The second-order valence-electron chi connectivity index (χ2n) is 3.63. The summed E-state index contributed by atoms with van der Waals surface area (Å²) in [6, 6.07) is 13.3. The average Bonchev–Trinajstić information content (AvgIpc) is 2.30. The number of phenolic OH excluding ortho intramolecular Hbond substituents is 1. The summed E-state index contributed by atoms with van der Waals surface area (Å²) in [6.45, 7) is 0. The van der Waals surface area contributed by atoms with Gasteiger partial charge in [0.25, 0.3) is 0 Å². The summed E-state index contributed by atoms with van der Waals surface area (Å²) < 4.78 is 2.02. The summed E-state index contributed by atoms with van der Waals surface area (Å²) in [5, 5.41) is 9.60. The Bertz CT molecular complexity index is 470. The molecule has 2 heteroatoms. The van der Waals surface area contributed by atoms with Crippen LogP contribution in [-0.4, -0.2) is 5.11 Å². The van der Waals surface area contributed by atoms with Crippen molar-refractivity contribution in [1.82, 2.24) is 0 Å². The van der Waals surface area contributed by atoms with Crippen molar-refractivity contribution in [3.05, 3.63) is 59.9 Å². The van der Waals surface area contributed by atoms with Crippen LogP contribution in [0.3, 0.4) is 0 Å². The summed E-state index contributed by atoms with van der Waals surface area (Å²) in [5.41, 5.74) is 1.91. The number of aromatic nitrogens is 1. The molecule has 2 nitrogen and oxygen atoms in total. The fourth-order valence-electron chi connectivity index (χ4n) is 1.51. The third kappa shape index (κ3) is 2.28. The third-order valence-corrected chi connectivity index (χ3v) is 2.47. The largest absolute Gasteiger partial charge is 0.507 e. The van der Waals surface area contributed by atoms with Crippen LogP contribution >= 0.6 is 0 Å². The minimum atomic E-state index is 0.303. The normalized spacial score (nSPS) is 10.8. The van der Waals surface area contributed by atoms with Crippen LogP contribution in [0.2, 0.25) is 0 Å². The average molecular weight is 212 g/mol. The van der Waals surface area contributed by atoms with Crippen LogP contribution < -0.4 is 4.57 Å². The highest BCUT2D eigenvalue weighted by molar-refractivity contribution is 5.70. The van der Waals surface area contributed by atoms with Gasteiger partial charge in [0.05, 0.1) is 0 Å². The van der Waals surface area contributed by atoms with E-state index >= 15 is 0 Å². The molecular weight excluding hydrogens is 198 g/mol. The van der Waals surface area contributed by atoms with E-state index in [1.807, 2.05) is 66.4 Å². The monoisotopic (exact) mass is 212 g/mol. The Morgan fingerprint density at radius 2 is 1.75 bits per heavy atom. The predicted molar refractivity (Wildman–Crippen MR) is 64.7 cm³/mol. The second-order valence-corrected chi connectivity index (χ2v) is 3.63. The van der Waals surface area contributed by atoms with Crippen LogP contribution in [0.4, 0.5) is 0 Å². The van der Waals surface area contributed by atoms with E-state index in [9.17, 15) is 5.11 Å². The molecule has 0 atom stereocenters. The van der Waals surface area contributed by atoms with Gasteiger partial charge in [0.2, 0.25) is 5.69 Å². The maximum absolute atomic E-state index is 9.60. The Labute approximate surface area is 95.1 Å². The highest BCUT2D eigenvalue weighted by atomic mass is 16.3. The Kier molecular flexibility index (Phi) is 3.01. The molecule has 0 unspecified atom stereocenters. The summed E-state index contributed by atoms with van der Waals surface area (Å²) in [5.74, 6) is 0.303. The van der Waals surface area contributed by atoms with Crippen LogP contribution in [0.1, 0.15) is 11.3 Å². The van der Waals surface area contributed by atoms with Crippen LogP contribution in [0, 0.1) is 0 Å². The van der Waals surface area contributed by atoms with Crippen molar-refractivity contribution in [2.45, 2.75) is 0 Å². The van der Waals surface area contributed by atoms with Crippen LogP contribution in [0.25, 0.3) is 12.2 Å². The molecule has 2 rings (SSSR count). The first-order chi connectivity index (χ1) is 7.77. The van der Waals surface area contributed by atoms with E-state index in [-0.39, 0.29) is 0 Å². The van der Waals surface area contributed by atoms with E-state index in [1.54, 1.807) is 6.07 Å². The Morgan fingerprint density at radius 1 is 1.00 bits per heavy atom. The van der Waals surface area contributed by atoms with Gasteiger partial charge in [-0.05, 0) is 18.2 Å². The van der Waals surface area contributed by atoms with E-state index in [0.29, 0.717) is 5.75 Å². The fourth-order valence-corrected chi connectivity index (χ4v) is 1.51. The maximum atomic E-state index is 9.60. The third-order valence-electron chi connectivity index (χ3n) is 2.47. The summed E-state index contributed by atoms with van der Waals surface area (Å²) in [7, 11) is 1.99. The van der Waals surface area contributed by atoms with E-state index in [1.165, 1.54) is 0 Å². The van der Waals surface area contributed by atoms with Crippen molar-refractivity contribution >= 4 is 12.2 Å². The molecule has 0 saturated carbocycles. The van der Waals surface area contributed by atoms with Gasteiger partial charge in [0.15, 0.2) is 6.20 Å². The lowest BCUT2D eigenvalue weighted by molar-refractivity contribution is -0.673. The van der Waals surface area contributed by atoms with E-state index in [2.05, 4.69) is 0 Å². The highest BCUT2D eigenvalue weighted by Gasteiger charge is 2.00. The minimum Gasteiger partial charge on any atom is -0.507 e. The molecule has 80 valence electrons. The zero-order valence-electron chi connectivity index (χ0n) is 9.17. The first-order valence-electron chi connectivity index (χ1n) is 5.18. The summed E-state index contributed by atoms with van der Waals surface area (Å²) in [6.07, 6.45) is 5.88. The molecule has 0 radical (unpaired) electrons. The van der Waals surface area contributed by atoms with Gasteiger partial charge in [-0.25, -0.2) is 4.57 Å². The molecule has 0 fully saturated rings. The van der Waals surface area contributed by atoms with Crippen molar-refractivity contribution in [1.29, 1.82) is 0 Å². The van der Waals surface area contributed by atoms with Gasteiger partial charge in [-0.2, -0.15) is 0 Å². The van der Waals surface area contributed by atoms with Gasteiger partial charge in [-0.3, -0.25) is 0 Å². The molecule has 1 heterocycles. The highest BCUT2D eigenvalue weighted by Crippen LogP contribution is 2.17. The number of rotatable bonds is 2. The number of aryl methyl sites for hydroxylation is 1. The molecule has 0 bridgehead atoms. The van der Waals surface area contributed by atoms with Gasteiger partial charge in [0, 0.05) is 23.8 Å². The summed E-state index contributed by atoms with van der Waals surface area (Å²) >= 11 is 0. The molecule has 2 aromatic rings. The van der Waals surface area contributed by atoms with Crippen LogP contribution in [0.15, 0.2) is 48.7 Å². The van der Waals surface area contributed by atoms with Crippen LogP contribution in [0.5, 0.6) is 5.75 Å². The lowest BCUT2D eigenvalue weighted by atomic mass is 10.1. The minimum absolute atomic E-state index is 0.303. The number of benzene rings is 1. The molecule has 1 aromatic carbocycles. The molecule has 0 spiro atoms. The number of hydrogen-bond donors (Lipinski definition) is 1. The standard InChI is InChI=1S/C14H13NO/c1-15-11-5-4-7-13(15)10-9-12-6-2-3-8-14(12)16/h2-11H,1H3/p+1. The van der Waals surface area contributed by atoms with Crippen molar-refractivity contribution in [2.75, 3.05) is 0 Å². The lowest BCUT2D eigenvalue weighted by Gasteiger charge is -1.97. The Morgan fingerprint density at radius 3 is 2.50 bits per heavy atom. The molecule has 16 heavy (non-hydrogen) atoms. The maximum Gasteiger partial charge on any atom is 0.204 e. The van der Waals surface area contributed by atoms with E-state index < -0.39 is 0 Å². The lowest BCUT2D eigenvalue weighted by Crippen LogP contribution is -2.30. The zero-order chi connectivity index (χ0) is 11.4. The number of phenols is 1. The molecule has 0 aliphatic carbocycles. The van der Waals surface area contributed by atoms with Crippen molar-refractivity contribution in [2.24, 2.45) is 7.05 Å². The van der Waals surface area contributed by atoms with Gasteiger partial charge < -0.3 is 5.11 Å². The van der Waals surface area contributed by atoms with Crippen LogP contribution in [-0.2, 0) is 7.05 Å². The Balaban J connectivity index is 2.29. The van der Waals surface area contributed by atoms with Crippen molar-refractivity contribution in [3.63, 3.8) is 0 Å². The van der Waals surface area contributed by atoms with E-state index in [4.69, 9.17) is 0 Å². The molecule has 1 aromatic heterocycles. The molecule has 0 aliphatic rings. The number of para-hydroxylation sites is 1.